The van der Waals surface area contributed by atoms with Gasteiger partial charge in [-0.2, -0.15) is 0 Å². The number of anilines is 1. The molecule has 0 saturated carbocycles. The summed E-state index contributed by atoms with van der Waals surface area (Å²) in [6, 6.07) is 12.0. The van der Waals surface area contributed by atoms with Gasteiger partial charge in [0.25, 0.3) is 5.91 Å². The maximum Gasteiger partial charge on any atom is 0.265 e. The minimum absolute atomic E-state index is 0.138. The highest BCUT2D eigenvalue weighted by Crippen LogP contribution is 2.27. The van der Waals surface area contributed by atoms with Crippen molar-refractivity contribution in [2.45, 2.75) is 11.3 Å². The van der Waals surface area contributed by atoms with E-state index >= 15 is 0 Å². The number of carbonyl (C=O) groups excluding carboxylic acids is 1. The molecule has 10 heteroatoms. The van der Waals surface area contributed by atoms with Gasteiger partial charge in [0.1, 0.15) is 5.82 Å². The molecule has 1 aliphatic rings. The third-order valence-corrected chi connectivity index (χ3v) is 7.76. The summed E-state index contributed by atoms with van der Waals surface area (Å²) in [5.41, 5.74) is 0.477. The average Bonchev–Trinajstić information content (AvgIpc) is 3.21. The van der Waals surface area contributed by atoms with E-state index in [1.54, 1.807) is 24.3 Å². The number of morpholine rings is 1. The third kappa shape index (κ3) is 5.70. The molecule has 2 aromatic carbocycles. The first-order valence-electron chi connectivity index (χ1n) is 10.3. The quantitative estimate of drug-likeness (QED) is 0.486. The zero-order valence-electron chi connectivity index (χ0n) is 17.3. The van der Waals surface area contributed by atoms with Gasteiger partial charge in [-0.1, -0.05) is 0 Å². The molecule has 0 atom stereocenters. The van der Waals surface area contributed by atoms with Gasteiger partial charge < -0.3 is 10.1 Å². The van der Waals surface area contributed by atoms with Crippen LogP contribution in [0.4, 0.5) is 10.1 Å². The normalized spacial score (nSPS) is 15.2. The van der Waals surface area contributed by atoms with Crippen LogP contribution in [-0.2, 0) is 14.8 Å². The summed E-state index contributed by atoms with van der Waals surface area (Å²) in [7, 11) is -3.62. The van der Waals surface area contributed by atoms with Gasteiger partial charge in [-0.25, -0.2) is 17.5 Å². The largest absolute Gasteiger partial charge is 0.379 e. The van der Waals surface area contributed by atoms with Gasteiger partial charge in [-0.05, 0) is 66.9 Å². The fourth-order valence-corrected chi connectivity index (χ4v) is 5.47. The summed E-state index contributed by atoms with van der Waals surface area (Å²) in [6.07, 6.45) is 0.715. The fraction of sp³-hybridized carbons (Fsp3) is 0.318. The molecule has 1 aromatic heterocycles. The van der Waals surface area contributed by atoms with Crippen LogP contribution in [0.3, 0.4) is 0 Å². The first kappa shape index (κ1) is 22.8. The molecule has 170 valence electrons. The van der Waals surface area contributed by atoms with E-state index in [-0.39, 0.29) is 16.6 Å². The van der Waals surface area contributed by atoms with Crippen LogP contribution in [-0.4, -0.2) is 58.6 Å². The lowest BCUT2D eigenvalue weighted by molar-refractivity contribution is 0.0376. The number of nitrogens with zero attached hydrogens (tertiary/aromatic N) is 1. The lowest BCUT2D eigenvalue weighted by Gasteiger charge is -2.26. The summed E-state index contributed by atoms with van der Waals surface area (Å²) < 4.78 is 47.1. The molecule has 1 amide bonds. The molecule has 0 unspecified atom stereocenters. The first-order chi connectivity index (χ1) is 15.4. The van der Waals surface area contributed by atoms with E-state index < -0.39 is 10.0 Å². The molecule has 2 heterocycles. The van der Waals surface area contributed by atoms with Crippen LogP contribution in [0.1, 0.15) is 16.1 Å². The number of benzene rings is 2. The summed E-state index contributed by atoms with van der Waals surface area (Å²) in [4.78, 5) is 15.4. The molecule has 3 aromatic rings. The lowest BCUT2D eigenvalue weighted by atomic mass is 10.2. The maximum absolute atomic E-state index is 13.4. The summed E-state index contributed by atoms with van der Waals surface area (Å²) >= 11 is 1.27. The van der Waals surface area contributed by atoms with Crippen LogP contribution < -0.4 is 10.0 Å². The molecule has 1 aliphatic heterocycles. The van der Waals surface area contributed by atoms with Gasteiger partial charge >= 0.3 is 0 Å². The number of halogens is 1. The number of sulfonamides is 1. The van der Waals surface area contributed by atoms with Crippen molar-refractivity contribution in [3.8, 4) is 0 Å². The number of fused-ring (bicyclic) bond motifs is 1. The Kier molecular flexibility index (Phi) is 7.17. The second-order valence-corrected chi connectivity index (χ2v) is 10.3. The first-order valence-corrected chi connectivity index (χ1v) is 12.6. The average molecular weight is 478 g/mol. The molecule has 32 heavy (non-hydrogen) atoms. The summed E-state index contributed by atoms with van der Waals surface area (Å²) in [5, 5.41) is 3.42. The van der Waals surface area contributed by atoms with Crippen molar-refractivity contribution in [1.29, 1.82) is 0 Å². The molecule has 1 fully saturated rings. The van der Waals surface area contributed by atoms with Crippen molar-refractivity contribution in [3.63, 3.8) is 0 Å². The molecule has 2 N–H and O–H groups in total. The van der Waals surface area contributed by atoms with E-state index in [0.29, 0.717) is 28.9 Å². The van der Waals surface area contributed by atoms with Gasteiger partial charge in [0.15, 0.2) is 0 Å². The number of nitrogens with one attached hydrogen (secondary N) is 2. The smallest absolute Gasteiger partial charge is 0.265 e. The van der Waals surface area contributed by atoms with Crippen molar-refractivity contribution in [1.82, 2.24) is 9.62 Å². The van der Waals surface area contributed by atoms with E-state index in [1.807, 2.05) is 0 Å². The highest BCUT2D eigenvalue weighted by molar-refractivity contribution is 7.89. The zero-order valence-corrected chi connectivity index (χ0v) is 19.0. The monoisotopic (exact) mass is 477 g/mol. The minimum atomic E-state index is -3.62. The van der Waals surface area contributed by atoms with Crippen molar-refractivity contribution in [2.24, 2.45) is 0 Å². The number of hydrogen-bond donors (Lipinski definition) is 2. The highest BCUT2D eigenvalue weighted by atomic mass is 32.2. The molecule has 0 radical (unpaired) electrons. The van der Waals surface area contributed by atoms with Gasteiger partial charge in [0.2, 0.25) is 10.0 Å². The Hall–Kier alpha value is -2.37. The van der Waals surface area contributed by atoms with Crippen LogP contribution in [0.15, 0.2) is 53.4 Å². The minimum Gasteiger partial charge on any atom is -0.379 e. The van der Waals surface area contributed by atoms with Gasteiger partial charge in [-0.15, -0.1) is 11.3 Å². The van der Waals surface area contributed by atoms with Crippen LogP contribution in [0.5, 0.6) is 0 Å². The second kappa shape index (κ2) is 10.1. The Morgan fingerprint density at radius 1 is 1.09 bits per heavy atom. The number of rotatable bonds is 8. The Balaban J connectivity index is 1.31. The molecule has 0 aliphatic carbocycles. The van der Waals surface area contributed by atoms with E-state index in [2.05, 4.69) is 14.9 Å². The predicted octanol–water partition coefficient (Wildman–Crippen LogP) is 3.29. The van der Waals surface area contributed by atoms with Crippen molar-refractivity contribution in [2.75, 3.05) is 44.7 Å². The van der Waals surface area contributed by atoms with Crippen molar-refractivity contribution < 1.29 is 22.3 Å². The molecule has 4 rings (SSSR count). The molecule has 7 nitrogen and oxygen atoms in total. The molecule has 0 spiro atoms. The van der Waals surface area contributed by atoms with Crippen LogP contribution >= 0.6 is 11.3 Å². The molecular formula is C22H24FN3O4S2. The van der Waals surface area contributed by atoms with Gasteiger partial charge in [0.05, 0.1) is 23.0 Å². The topological polar surface area (TPSA) is 87.7 Å². The molecular weight excluding hydrogens is 453 g/mol. The van der Waals surface area contributed by atoms with Crippen LogP contribution in [0.2, 0.25) is 0 Å². The highest BCUT2D eigenvalue weighted by Gasteiger charge is 2.16. The van der Waals surface area contributed by atoms with Crippen molar-refractivity contribution >= 4 is 43.0 Å². The van der Waals surface area contributed by atoms with Crippen molar-refractivity contribution in [3.05, 3.63) is 59.2 Å². The van der Waals surface area contributed by atoms with Crippen LogP contribution in [0, 0.1) is 5.82 Å². The van der Waals surface area contributed by atoms with E-state index in [0.717, 1.165) is 37.5 Å². The molecule has 0 bridgehead atoms. The van der Waals surface area contributed by atoms with Gasteiger partial charge in [0, 0.05) is 30.0 Å². The van der Waals surface area contributed by atoms with Crippen LogP contribution in [0.25, 0.3) is 10.1 Å². The third-order valence-electron chi connectivity index (χ3n) is 5.17. The predicted molar refractivity (Wildman–Crippen MR) is 123 cm³/mol. The second-order valence-electron chi connectivity index (χ2n) is 7.48. The number of hydrogen-bond acceptors (Lipinski definition) is 6. The summed E-state index contributed by atoms with van der Waals surface area (Å²) in [6.45, 7) is 4.36. The van der Waals surface area contributed by atoms with Gasteiger partial charge in [-0.3, -0.25) is 9.69 Å². The SMILES string of the molecule is O=C(Nc1ccc(S(=O)(=O)NCCCN2CCOCC2)cc1)c1cc2cc(F)ccc2s1. The Bertz CT molecular complexity index is 1190. The molecule has 1 saturated heterocycles. The number of thiophene rings is 1. The Morgan fingerprint density at radius 3 is 2.59 bits per heavy atom. The lowest BCUT2D eigenvalue weighted by Crippen LogP contribution is -2.38. The van der Waals surface area contributed by atoms with E-state index in [1.165, 1.54) is 35.6 Å². The number of carbonyl (C=O) groups is 1. The standard InChI is InChI=1S/C22H24FN3O4S2/c23-17-2-7-20-16(14-17)15-21(31-20)22(27)25-18-3-5-19(6-4-18)32(28,29)24-8-1-9-26-10-12-30-13-11-26/h2-7,14-15,24H,1,8-13H2,(H,25,27). The fourth-order valence-electron chi connectivity index (χ4n) is 3.45. The zero-order chi connectivity index (χ0) is 22.6. The Morgan fingerprint density at radius 2 is 1.84 bits per heavy atom. The number of amides is 1. The maximum atomic E-state index is 13.4. The summed E-state index contributed by atoms with van der Waals surface area (Å²) in [5.74, 6) is -0.683. The van der Waals surface area contributed by atoms with E-state index in [9.17, 15) is 17.6 Å². The number of ether oxygens (including phenoxy) is 1. The Labute approximate surface area is 190 Å². The van der Waals surface area contributed by atoms with E-state index in [4.69, 9.17) is 4.74 Å².